The first-order valence-electron chi connectivity index (χ1n) is 6.01. The highest BCUT2D eigenvalue weighted by atomic mass is 32.1. The topological polar surface area (TPSA) is 29.9 Å². The van der Waals surface area contributed by atoms with E-state index in [1.807, 2.05) is 0 Å². The number of benzene rings is 1. The summed E-state index contributed by atoms with van der Waals surface area (Å²) < 4.78 is 8.43. The first kappa shape index (κ1) is 11.0. The van der Waals surface area contributed by atoms with Gasteiger partial charge in [0.25, 0.3) is 0 Å². The fourth-order valence-electron chi connectivity index (χ4n) is 2.44. The molecule has 0 amide bonds. The first-order valence-corrected chi connectivity index (χ1v) is 6.42. The number of hydrogen-bond acceptors (Lipinski definition) is 2. The second-order valence-corrected chi connectivity index (χ2v) is 5.18. The van der Waals surface area contributed by atoms with Crippen molar-refractivity contribution in [2.24, 2.45) is 5.92 Å². The highest BCUT2D eigenvalue weighted by molar-refractivity contribution is 7.71. The third-order valence-electron chi connectivity index (χ3n) is 3.39. The minimum absolute atomic E-state index is 0.599. The molecule has 0 saturated carbocycles. The maximum Gasteiger partial charge on any atom is 0.178 e. The average Bonchev–Trinajstić information content (AvgIpc) is 2.88. The van der Waals surface area contributed by atoms with Crippen LogP contribution in [0.4, 0.5) is 0 Å². The van der Waals surface area contributed by atoms with Crippen LogP contribution in [0, 0.1) is 17.6 Å². The van der Waals surface area contributed by atoms with Gasteiger partial charge in [-0.25, -0.2) is 0 Å². The van der Waals surface area contributed by atoms with Gasteiger partial charge in [-0.15, -0.1) is 0 Å². The van der Waals surface area contributed by atoms with Crippen molar-refractivity contribution < 1.29 is 4.74 Å². The van der Waals surface area contributed by atoms with Gasteiger partial charge in [-0.1, -0.05) is 6.07 Å². The summed E-state index contributed by atoms with van der Waals surface area (Å²) in [6.07, 6.45) is 1.14. The summed E-state index contributed by atoms with van der Waals surface area (Å²) >= 11 is 5.40. The number of ether oxygens (including phenoxy) is 1. The summed E-state index contributed by atoms with van der Waals surface area (Å²) in [6, 6.07) is 6.42. The zero-order chi connectivity index (χ0) is 11.8. The van der Waals surface area contributed by atoms with Crippen molar-refractivity contribution in [3.05, 3.63) is 28.5 Å². The molecule has 1 atom stereocenters. The summed E-state index contributed by atoms with van der Waals surface area (Å²) in [5.41, 5.74) is 3.59. The molecule has 0 radical (unpaired) electrons. The van der Waals surface area contributed by atoms with E-state index in [1.165, 1.54) is 11.1 Å². The highest BCUT2D eigenvalue weighted by Crippen LogP contribution is 2.20. The predicted octanol–water partition coefficient (Wildman–Crippen LogP) is 3.04. The summed E-state index contributed by atoms with van der Waals surface area (Å²) in [4.78, 5) is 3.28. The lowest BCUT2D eigenvalue weighted by atomic mass is 10.1. The van der Waals surface area contributed by atoms with Crippen molar-refractivity contribution in [3.8, 4) is 0 Å². The molecule has 90 valence electrons. The van der Waals surface area contributed by atoms with E-state index in [0.717, 1.165) is 36.5 Å². The van der Waals surface area contributed by atoms with Crippen LogP contribution in [0.25, 0.3) is 11.0 Å². The first-order chi connectivity index (χ1) is 8.24. The van der Waals surface area contributed by atoms with Crippen LogP contribution >= 0.6 is 12.2 Å². The molecule has 2 aromatic rings. The second kappa shape index (κ2) is 4.27. The van der Waals surface area contributed by atoms with Gasteiger partial charge in [0, 0.05) is 19.1 Å². The van der Waals surface area contributed by atoms with Gasteiger partial charge < -0.3 is 14.3 Å². The third kappa shape index (κ3) is 2.03. The van der Waals surface area contributed by atoms with Crippen molar-refractivity contribution in [1.82, 2.24) is 9.55 Å². The zero-order valence-electron chi connectivity index (χ0n) is 9.90. The van der Waals surface area contributed by atoms with Crippen LogP contribution in [-0.2, 0) is 11.3 Å². The Labute approximate surface area is 105 Å². The molecular weight excluding hydrogens is 232 g/mol. The Morgan fingerprint density at radius 1 is 1.53 bits per heavy atom. The van der Waals surface area contributed by atoms with Crippen LogP contribution in [0.15, 0.2) is 18.2 Å². The number of hydrogen-bond donors (Lipinski definition) is 1. The maximum atomic E-state index is 5.42. The number of aromatic nitrogens is 2. The molecule has 1 aliphatic rings. The molecule has 1 N–H and O–H groups in total. The van der Waals surface area contributed by atoms with Gasteiger partial charge in [0.2, 0.25) is 0 Å². The van der Waals surface area contributed by atoms with Crippen molar-refractivity contribution >= 4 is 23.3 Å². The lowest BCUT2D eigenvalue weighted by molar-refractivity contribution is 0.182. The number of aromatic amines is 1. The van der Waals surface area contributed by atoms with E-state index in [-0.39, 0.29) is 0 Å². The molecule has 1 aliphatic heterocycles. The lowest BCUT2D eigenvalue weighted by Gasteiger charge is -2.09. The Morgan fingerprint density at radius 2 is 2.41 bits per heavy atom. The Bertz CT molecular complexity index is 593. The fourth-order valence-corrected chi connectivity index (χ4v) is 2.73. The van der Waals surface area contributed by atoms with Crippen LogP contribution in [0.5, 0.6) is 0 Å². The van der Waals surface area contributed by atoms with E-state index in [4.69, 9.17) is 17.0 Å². The Hall–Kier alpha value is -1.13. The lowest BCUT2D eigenvalue weighted by Crippen LogP contribution is -2.10. The molecule has 1 unspecified atom stereocenters. The molecule has 1 saturated heterocycles. The molecule has 1 aromatic carbocycles. The molecule has 3 rings (SSSR count). The normalized spacial score (nSPS) is 20.2. The molecule has 4 heteroatoms. The van der Waals surface area contributed by atoms with E-state index in [2.05, 4.69) is 34.7 Å². The van der Waals surface area contributed by atoms with Gasteiger partial charge in [0.1, 0.15) is 0 Å². The van der Waals surface area contributed by atoms with Gasteiger partial charge in [-0.05, 0) is 43.3 Å². The number of nitrogens with one attached hydrogen (secondary N) is 1. The molecule has 17 heavy (non-hydrogen) atoms. The highest BCUT2D eigenvalue weighted by Gasteiger charge is 2.17. The van der Waals surface area contributed by atoms with E-state index < -0.39 is 0 Å². The Kier molecular flexibility index (Phi) is 2.76. The minimum atomic E-state index is 0.599. The van der Waals surface area contributed by atoms with Crippen LogP contribution in [0.2, 0.25) is 0 Å². The van der Waals surface area contributed by atoms with Crippen LogP contribution in [-0.4, -0.2) is 22.8 Å². The predicted molar refractivity (Wildman–Crippen MR) is 70.8 cm³/mol. The average molecular weight is 248 g/mol. The third-order valence-corrected chi connectivity index (χ3v) is 3.72. The van der Waals surface area contributed by atoms with E-state index in [0.29, 0.717) is 5.92 Å². The van der Waals surface area contributed by atoms with Crippen LogP contribution in [0.1, 0.15) is 12.0 Å². The van der Waals surface area contributed by atoms with Gasteiger partial charge >= 0.3 is 0 Å². The van der Waals surface area contributed by atoms with Crippen molar-refractivity contribution in [3.63, 3.8) is 0 Å². The summed E-state index contributed by atoms with van der Waals surface area (Å²) in [5.74, 6) is 0.599. The van der Waals surface area contributed by atoms with Crippen molar-refractivity contribution in [2.45, 2.75) is 19.9 Å². The van der Waals surface area contributed by atoms with E-state index in [9.17, 15) is 0 Å². The van der Waals surface area contributed by atoms with E-state index in [1.54, 1.807) is 0 Å². The quantitative estimate of drug-likeness (QED) is 0.828. The van der Waals surface area contributed by atoms with Gasteiger partial charge in [0.15, 0.2) is 4.77 Å². The largest absolute Gasteiger partial charge is 0.381 e. The van der Waals surface area contributed by atoms with Crippen LogP contribution in [0.3, 0.4) is 0 Å². The Morgan fingerprint density at radius 3 is 3.18 bits per heavy atom. The molecule has 2 heterocycles. The molecule has 0 spiro atoms. The van der Waals surface area contributed by atoms with Gasteiger partial charge in [0.05, 0.1) is 17.6 Å². The van der Waals surface area contributed by atoms with Gasteiger partial charge in [-0.3, -0.25) is 0 Å². The smallest absolute Gasteiger partial charge is 0.178 e. The number of H-pyrrole nitrogens is 1. The van der Waals surface area contributed by atoms with Gasteiger partial charge in [-0.2, -0.15) is 0 Å². The molecule has 1 fully saturated rings. The fraction of sp³-hybridized carbons (Fsp3) is 0.462. The zero-order valence-corrected chi connectivity index (χ0v) is 10.7. The van der Waals surface area contributed by atoms with Crippen LogP contribution < -0.4 is 0 Å². The molecule has 0 aliphatic carbocycles. The molecule has 1 aromatic heterocycles. The number of aryl methyl sites for hydroxylation is 1. The maximum absolute atomic E-state index is 5.42. The summed E-state index contributed by atoms with van der Waals surface area (Å²) in [7, 11) is 0. The summed E-state index contributed by atoms with van der Waals surface area (Å²) in [5, 5.41) is 0. The number of imidazole rings is 1. The molecule has 3 nitrogen and oxygen atoms in total. The van der Waals surface area contributed by atoms with E-state index >= 15 is 0 Å². The monoisotopic (exact) mass is 248 g/mol. The number of nitrogens with zero attached hydrogens (tertiary/aromatic N) is 1. The van der Waals surface area contributed by atoms with Crippen molar-refractivity contribution in [2.75, 3.05) is 13.2 Å². The molecule has 0 bridgehead atoms. The molecular formula is C13H16N2OS. The van der Waals surface area contributed by atoms with Crippen molar-refractivity contribution in [1.29, 1.82) is 0 Å². The standard InChI is InChI=1S/C13H16N2OS/c1-9-2-3-12-11(6-9)14-13(17)15(12)7-10-4-5-16-8-10/h2-3,6,10H,4-5,7-8H2,1H3,(H,14,17). The summed E-state index contributed by atoms with van der Waals surface area (Å²) in [6.45, 7) is 4.81. The number of rotatable bonds is 2. The SMILES string of the molecule is Cc1ccc2c(c1)[nH]c(=S)n2CC1CCOC1. The second-order valence-electron chi connectivity index (χ2n) is 4.79. The number of fused-ring (bicyclic) bond motifs is 1. The Balaban J connectivity index is 2.02. The minimum Gasteiger partial charge on any atom is -0.381 e.